The lowest BCUT2D eigenvalue weighted by Crippen LogP contribution is -2.47. The quantitative estimate of drug-likeness (QED) is 0.0205. The molecule has 9 nitrogen and oxygen atoms in total. The van der Waals surface area contributed by atoms with Crippen LogP contribution in [0.25, 0.3) is 0 Å². The fourth-order valence-corrected chi connectivity index (χ4v) is 10.3. The zero-order valence-electron chi connectivity index (χ0n) is 52.2. The molecule has 0 saturated heterocycles. The van der Waals surface area contributed by atoms with Crippen LogP contribution in [0.15, 0.2) is 60.8 Å². The monoisotopic (exact) mass is 1120 g/mol. The number of phosphoric ester groups is 1. The fourth-order valence-electron chi connectivity index (χ4n) is 9.57. The smallest absolute Gasteiger partial charge is 0.456 e. The first kappa shape index (κ1) is 75.7. The Hall–Kier alpha value is -2.29. The lowest BCUT2D eigenvalue weighted by molar-refractivity contribution is -0.870. The van der Waals surface area contributed by atoms with Crippen LogP contribution in [0.5, 0.6) is 0 Å². The van der Waals surface area contributed by atoms with E-state index in [4.69, 9.17) is 13.8 Å². The van der Waals surface area contributed by atoms with Crippen molar-refractivity contribution in [3.05, 3.63) is 60.8 Å². The van der Waals surface area contributed by atoms with E-state index in [1.165, 1.54) is 199 Å². The van der Waals surface area contributed by atoms with E-state index in [2.05, 4.69) is 74.7 Å². The molecule has 0 aliphatic carbocycles. The third-order valence-corrected chi connectivity index (χ3v) is 15.7. The van der Waals surface area contributed by atoms with Crippen molar-refractivity contribution >= 4 is 19.7 Å². The Bertz CT molecular complexity index is 1520. The van der Waals surface area contributed by atoms with Crippen LogP contribution in [0.3, 0.4) is 0 Å². The third-order valence-electron chi connectivity index (χ3n) is 14.7. The number of unbranched alkanes of at least 4 members (excludes halogenated alkanes) is 36. The Morgan fingerprint density at radius 2 is 0.782 bits per heavy atom. The van der Waals surface area contributed by atoms with E-state index in [-0.39, 0.29) is 31.5 Å². The van der Waals surface area contributed by atoms with Gasteiger partial charge in [0.15, 0.2) is 0 Å². The van der Waals surface area contributed by atoms with Crippen molar-refractivity contribution in [3.63, 3.8) is 0 Å². The summed E-state index contributed by atoms with van der Waals surface area (Å²) < 4.78 is 30.7. The van der Waals surface area contributed by atoms with Crippen molar-refractivity contribution in [3.8, 4) is 0 Å². The van der Waals surface area contributed by atoms with Gasteiger partial charge >= 0.3 is 13.8 Å². The molecule has 0 spiro atoms. The predicted molar refractivity (Wildman–Crippen MR) is 337 cm³/mol. The normalized spacial score (nSPS) is 14.0. The molecule has 0 aromatic heterocycles. The summed E-state index contributed by atoms with van der Waals surface area (Å²) in [5, 5.41) is 3.06. The highest BCUT2D eigenvalue weighted by molar-refractivity contribution is 7.47. The van der Waals surface area contributed by atoms with Gasteiger partial charge in [-0.2, -0.15) is 0 Å². The van der Waals surface area contributed by atoms with Crippen LogP contribution in [-0.4, -0.2) is 74.3 Å². The Morgan fingerprint density at radius 1 is 0.449 bits per heavy atom. The number of ether oxygens (including phenoxy) is 1. The molecule has 0 aliphatic heterocycles. The number of carbonyl (C=O) groups is 2. The fraction of sp³-hybridized carbons (Fsp3) is 0.824. The van der Waals surface area contributed by atoms with Gasteiger partial charge in [-0.3, -0.25) is 18.6 Å². The van der Waals surface area contributed by atoms with Crippen LogP contribution in [-0.2, 0) is 27.9 Å². The summed E-state index contributed by atoms with van der Waals surface area (Å²) in [5.74, 6) is -0.499. The second-order valence-corrected chi connectivity index (χ2v) is 25.1. The summed E-state index contributed by atoms with van der Waals surface area (Å²) in [7, 11) is 1.50. The lowest BCUT2D eigenvalue weighted by Gasteiger charge is -2.27. The van der Waals surface area contributed by atoms with E-state index in [9.17, 15) is 19.0 Å². The van der Waals surface area contributed by atoms with E-state index in [0.717, 1.165) is 77.0 Å². The Labute approximate surface area is 483 Å². The number of hydrogen-bond donors (Lipinski definition) is 2. The first-order chi connectivity index (χ1) is 37.9. The van der Waals surface area contributed by atoms with E-state index in [1.54, 1.807) is 0 Å². The Balaban J connectivity index is 5.04. The number of amides is 1. The van der Waals surface area contributed by atoms with Crippen molar-refractivity contribution in [2.75, 3.05) is 40.9 Å². The molecule has 0 aromatic carbocycles. The molecule has 78 heavy (non-hydrogen) atoms. The van der Waals surface area contributed by atoms with Crippen LogP contribution in [0, 0.1) is 0 Å². The number of quaternary nitrogens is 1. The molecule has 0 radical (unpaired) electrons. The third kappa shape index (κ3) is 58.4. The highest BCUT2D eigenvalue weighted by Gasteiger charge is 2.30. The van der Waals surface area contributed by atoms with E-state index in [0.29, 0.717) is 17.4 Å². The Kier molecular flexibility index (Phi) is 56.2. The van der Waals surface area contributed by atoms with Crippen LogP contribution in [0.1, 0.15) is 310 Å². The molecular weight excluding hydrogens is 988 g/mol. The molecule has 0 bridgehead atoms. The number of phosphoric acid groups is 1. The van der Waals surface area contributed by atoms with Crippen molar-refractivity contribution in [2.45, 2.75) is 322 Å². The number of nitrogens with zero attached hydrogens (tertiary/aromatic N) is 1. The second kappa shape index (κ2) is 57.9. The van der Waals surface area contributed by atoms with E-state index < -0.39 is 20.0 Å². The number of esters is 1. The summed E-state index contributed by atoms with van der Waals surface area (Å²) in [6.07, 6.45) is 73.6. The molecule has 2 N–H and O–H groups in total. The molecule has 3 atom stereocenters. The summed E-state index contributed by atoms with van der Waals surface area (Å²) in [5.41, 5.74) is 0. The number of rotatable bonds is 60. The molecule has 0 rings (SSSR count). The maximum absolute atomic E-state index is 13.5. The van der Waals surface area contributed by atoms with E-state index in [1.807, 2.05) is 33.3 Å². The summed E-state index contributed by atoms with van der Waals surface area (Å²) in [6.45, 7) is 7.00. The van der Waals surface area contributed by atoms with Crippen molar-refractivity contribution in [2.24, 2.45) is 0 Å². The highest BCUT2D eigenvalue weighted by atomic mass is 31.2. The topological polar surface area (TPSA) is 111 Å². The summed E-state index contributed by atoms with van der Waals surface area (Å²) in [6, 6.07) is -0.847. The van der Waals surface area contributed by atoms with Crippen molar-refractivity contribution < 1.29 is 37.3 Å². The van der Waals surface area contributed by atoms with Gasteiger partial charge < -0.3 is 19.4 Å². The van der Waals surface area contributed by atoms with Gasteiger partial charge in [-0.1, -0.05) is 281 Å². The van der Waals surface area contributed by atoms with Gasteiger partial charge in [0, 0.05) is 12.8 Å². The molecule has 456 valence electrons. The first-order valence-electron chi connectivity index (χ1n) is 33.1. The number of allylic oxidation sites excluding steroid dienone is 9. The molecule has 0 saturated carbocycles. The summed E-state index contributed by atoms with van der Waals surface area (Å²) in [4.78, 5) is 37.7. The highest BCUT2D eigenvalue weighted by Crippen LogP contribution is 2.43. The lowest BCUT2D eigenvalue weighted by atomic mass is 10.0. The molecule has 0 heterocycles. The molecule has 0 fully saturated rings. The number of hydrogen-bond acceptors (Lipinski definition) is 6. The van der Waals surface area contributed by atoms with Crippen LogP contribution in [0.2, 0.25) is 0 Å². The zero-order valence-corrected chi connectivity index (χ0v) is 53.1. The average Bonchev–Trinajstić information content (AvgIpc) is 3.40. The van der Waals surface area contributed by atoms with Crippen LogP contribution < -0.4 is 5.32 Å². The van der Waals surface area contributed by atoms with Crippen LogP contribution in [0.4, 0.5) is 0 Å². The minimum absolute atomic E-state index is 0.0405. The second-order valence-electron chi connectivity index (χ2n) is 23.6. The predicted octanol–water partition coefficient (Wildman–Crippen LogP) is 20.6. The maximum Gasteiger partial charge on any atom is 0.472 e. The molecule has 0 aliphatic rings. The van der Waals surface area contributed by atoms with Gasteiger partial charge in [-0.05, 0) is 76.7 Å². The Morgan fingerprint density at radius 3 is 1.19 bits per heavy atom. The number of likely N-dealkylation sites (N-methyl/N-ethyl adjacent to an activating group) is 1. The molecule has 1 amide bonds. The zero-order chi connectivity index (χ0) is 57.2. The minimum Gasteiger partial charge on any atom is -0.456 e. The van der Waals surface area contributed by atoms with Gasteiger partial charge in [0.2, 0.25) is 5.91 Å². The SMILES string of the molecule is CCCCC/C=C\C/C=C\C/C=C\C/C=C\CCCCCCCCCCCCCC(=O)OC(/C=C\CCCCCCCCCCCC)C(COP(=O)(O)OCC[N+](C)(C)C)NC(=O)CCCCCCCCCCCCCCC. The van der Waals surface area contributed by atoms with Crippen molar-refractivity contribution in [1.82, 2.24) is 5.32 Å². The van der Waals surface area contributed by atoms with Crippen molar-refractivity contribution in [1.29, 1.82) is 0 Å². The first-order valence-corrected chi connectivity index (χ1v) is 34.6. The minimum atomic E-state index is -4.45. The average molecular weight is 1120 g/mol. The van der Waals surface area contributed by atoms with Gasteiger partial charge in [0.25, 0.3) is 0 Å². The van der Waals surface area contributed by atoms with Gasteiger partial charge in [0.05, 0.1) is 33.8 Å². The van der Waals surface area contributed by atoms with Gasteiger partial charge in [-0.25, -0.2) is 4.57 Å². The number of nitrogens with one attached hydrogen (secondary N) is 1. The molecule has 10 heteroatoms. The molecular formula is C68H128N2O7P+. The largest absolute Gasteiger partial charge is 0.472 e. The standard InChI is InChI=1S/C68H127N2O7P/c1-7-10-13-16-19-22-25-28-29-30-31-32-33-34-35-36-37-38-39-40-41-43-46-49-52-55-58-61-68(72)77-66(59-56-53-50-47-44-27-24-21-18-15-12-9-3)65(64-76-78(73,74)75-63-62-70(4,5)6)69-67(71)60-57-54-51-48-45-42-26-23-20-17-14-11-8-2/h19,22,28-29,31-32,34-35,56,59,65-66H,7-18,20-21,23-27,30,33,36-55,57-58,60-64H2,1-6H3,(H-,69,71,73,74)/p+1/b22-19-,29-28-,32-31-,35-34-,59-56-. The van der Waals surface area contributed by atoms with E-state index >= 15 is 0 Å². The van der Waals surface area contributed by atoms with Gasteiger partial charge in [-0.15, -0.1) is 0 Å². The molecule has 0 aromatic rings. The summed E-state index contributed by atoms with van der Waals surface area (Å²) >= 11 is 0. The van der Waals surface area contributed by atoms with Crippen LogP contribution >= 0.6 is 7.82 Å². The molecule has 3 unspecified atom stereocenters. The number of carbonyl (C=O) groups excluding carboxylic acids is 2. The maximum atomic E-state index is 13.5. The van der Waals surface area contributed by atoms with Gasteiger partial charge in [0.1, 0.15) is 19.3 Å².